The van der Waals surface area contributed by atoms with Crippen LogP contribution in [0.25, 0.3) is 0 Å². The smallest absolute Gasteiger partial charge is 0.214 e. The maximum atomic E-state index is 11.3. The van der Waals surface area contributed by atoms with Gasteiger partial charge in [-0.15, -0.1) is 0 Å². The van der Waals surface area contributed by atoms with E-state index in [0.29, 0.717) is 6.54 Å². The average Bonchev–Trinajstić information content (AvgIpc) is 2.41. The van der Waals surface area contributed by atoms with Crippen LogP contribution in [0.2, 0.25) is 0 Å². The quantitative estimate of drug-likeness (QED) is 0.775. The van der Waals surface area contributed by atoms with Gasteiger partial charge in [-0.2, -0.15) is 0 Å². The number of hydrogen-bond acceptors (Lipinski definition) is 2. The van der Waals surface area contributed by atoms with E-state index < -0.39 is 0 Å². The van der Waals surface area contributed by atoms with Crippen LogP contribution >= 0.6 is 0 Å². The van der Waals surface area contributed by atoms with Crippen LogP contribution in [-0.2, 0) is 17.9 Å². The van der Waals surface area contributed by atoms with Gasteiger partial charge < -0.3 is 10.2 Å². The molecular formula is C15H14N2O. The van der Waals surface area contributed by atoms with Gasteiger partial charge in [0.15, 0.2) is 0 Å². The minimum atomic E-state index is 0.623. The van der Waals surface area contributed by atoms with E-state index in [0.717, 1.165) is 24.3 Å². The number of anilines is 2. The number of para-hydroxylation sites is 2. The Morgan fingerprint density at radius 3 is 2.56 bits per heavy atom. The molecule has 1 amide bonds. The average molecular weight is 238 g/mol. The molecule has 0 spiro atoms. The summed E-state index contributed by atoms with van der Waals surface area (Å²) in [5.41, 5.74) is 4.35. The van der Waals surface area contributed by atoms with Gasteiger partial charge in [0, 0.05) is 6.54 Å². The van der Waals surface area contributed by atoms with Crippen LogP contribution in [0.15, 0.2) is 48.5 Å². The molecule has 1 heterocycles. The standard InChI is InChI=1S/C15H14N2O/c18-11-17-10-13-6-2-1-5-12(13)9-16-14-7-3-4-8-15(14)17/h1-8,11,16H,9-10H2. The van der Waals surface area contributed by atoms with E-state index in [-0.39, 0.29) is 0 Å². The molecule has 1 aliphatic heterocycles. The molecule has 90 valence electrons. The van der Waals surface area contributed by atoms with Gasteiger partial charge in [-0.25, -0.2) is 0 Å². The molecule has 0 saturated carbocycles. The zero-order valence-corrected chi connectivity index (χ0v) is 9.97. The predicted molar refractivity (Wildman–Crippen MR) is 72.5 cm³/mol. The maximum Gasteiger partial charge on any atom is 0.214 e. The molecule has 2 aromatic rings. The van der Waals surface area contributed by atoms with E-state index in [4.69, 9.17) is 0 Å². The number of carbonyl (C=O) groups excluding carboxylic acids is 1. The minimum Gasteiger partial charge on any atom is -0.379 e. The Hall–Kier alpha value is -2.29. The van der Waals surface area contributed by atoms with Gasteiger partial charge in [0.1, 0.15) is 0 Å². The third kappa shape index (κ3) is 1.84. The van der Waals surface area contributed by atoms with Gasteiger partial charge in [-0.3, -0.25) is 4.79 Å². The van der Waals surface area contributed by atoms with Gasteiger partial charge in [-0.1, -0.05) is 36.4 Å². The Balaban J connectivity index is 2.07. The van der Waals surface area contributed by atoms with Gasteiger partial charge in [0.05, 0.1) is 17.9 Å². The van der Waals surface area contributed by atoms with E-state index in [1.54, 1.807) is 4.90 Å². The molecule has 18 heavy (non-hydrogen) atoms. The monoisotopic (exact) mass is 238 g/mol. The summed E-state index contributed by atoms with van der Waals surface area (Å²) < 4.78 is 0. The highest BCUT2D eigenvalue weighted by Gasteiger charge is 2.15. The summed E-state index contributed by atoms with van der Waals surface area (Å²) in [7, 11) is 0. The predicted octanol–water partition coefficient (Wildman–Crippen LogP) is 2.78. The van der Waals surface area contributed by atoms with Gasteiger partial charge in [0.2, 0.25) is 6.41 Å². The van der Waals surface area contributed by atoms with Crippen LogP contribution in [0, 0.1) is 0 Å². The van der Waals surface area contributed by atoms with Crippen LogP contribution in [0.3, 0.4) is 0 Å². The molecule has 3 nitrogen and oxygen atoms in total. The summed E-state index contributed by atoms with van der Waals surface area (Å²) in [5, 5.41) is 3.39. The number of nitrogens with one attached hydrogen (secondary N) is 1. The molecule has 1 aliphatic rings. The van der Waals surface area contributed by atoms with Gasteiger partial charge >= 0.3 is 0 Å². The fourth-order valence-electron chi connectivity index (χ4n) is 2.31. The van der Waals surface area contributed by atoms with Crippen molar-refractivity contribution in [3.63, 3.8) is 0 Å². The second-order valence-corrected chi connectivity index (χ2v) is 4.37. The van der Waals surface area contributed by atoms with E-state index in [9.17, 15) is 4.79 Å². The zero-order chi connectivity index (χ0) is 12.4. The molecule has 0 radical (unpaired) electrons. The molecule has 0 fully saturated rings. The van der Waals surface area contributed by atoms with Crippen LogP contribution in [0.1, 0.15) is 11.1 Å². The van der Waals surface area contributed by atoms with Crippen molar-refractivity contribution in [3.8, 4) is 0 Å². The first-order valence-electron chi connectivity index (χ1n) is 6.00. The molecule has 3 heteroatoms. The van der Waals surface area contributed by atoms with Crippen molar-refractivity contribution in [1.29, 1.82) is 0 Å². The second-order valence-electron chi connectivity index (χ2n) is 4.37. The lowest BCUT2D eigenvalue weighted by Crippen LogP contribution is -2.24. The Labute approximate surface area is 106 Å². The summed E-state index contributed by atoms with van der Waals surface area (Å²) >= 11 is 0. The molecule has 1 N–H and O–H groups in total. The highest BCUT2D eigenvalue weighted by atomic mass is 16.1. The van der Waals surface area contributed by atoms with Crippen molar-refractivity contribution in [3.05, 3.63) is 59.7 Å². The largest absolute Gasteiger partial charge is 0.379 e. The third-order valence-corrected chi connectivity index (χ3v) is 3.27. The van der Waals surface area contributed by atoms with Crippen molar-refractivity contribution in [2.75, 3.05) is 10.2 Å². The molecule has 0 bridgehead atoms. The van der Waals surface area contributed by atoms with Crippen molar-refractivity contribution in [2.24, 2.45) is 0 Å². The van der Waals surface area contributed by atoms with Gasteiger partial charge in [-0.05, 0) is 23.3 Å². The highest BCUT2D eigenvalue weighted by Crippen LogP contribution is 2.29. The number of rotatable bonds is 1. The summed E-state index contributed by atoms with van der Waals surface area (Å²) in [6.07, 6.45) is 0.891. The summed E-state index contributed by atoms with van der Waals surface area (Å²) in [4.78, 5) is 13.0. The molecule has 0 aromatic heterocycles. The minimum absolute atomic E-state index is 0.623. The zero-order valence-electron chi connectivity index (χ0n) is 9.97. The first-order valence-corrected chi connectivity index (χ1v) is 6.00. The van der Waals surface area contributed by atoms with Crippen LogP contribution < -0.4 is 10.2 Å². The van der Waals surface area contributed by atoms with Crippen molar-refractivity contribution in [1.82, 2.24) is 0 Å². The van der Waals surface area contributed by atoms with E-state index in [2.05, 4.69) is 17.4 Å². The lowest BCUT2D eigenvalue weighted by molar-refractivity contribution is -0.107. The van der Waals surface area contributed by atoms with E-state index in [1.165, 1.54) is 11.1 Å². The molecular weight excluding hydrogens is 224 g/mol. The first-order chi connectivity index (χ1) is 8.88. The lowest BCUT2D eigenvalue weighted by atomic mass is 10.0. The van der Waals surface area contributed by atoms with E-state index in [1.807, 2.05) is 36.4 Å². The lowest BCUT2D eigenvalue weighted by Gasteiger charge is -2.26. The summed E-state index contributed by atoms with van der Waals surface area (Å²) in [5.74, 6) is 0. The highest BCUT2D eigenvalue weighted by molar-refractivity contribution is 5.84. The number of carbonyl (C=O) groups is 1. The number of benzene rings is 2. The van der Waals surface area contributed by atoms with Crippen molar-refractivity contribution < 1.29 is 4.79 Å². The first kappa shape index (κ1) is 10.8. The summed E-state index contributed by atoms with van der Waals surface area (Å²) in [6, 6.07) is 16.1. The maximum absolute atomic E-state index is 11.3. The van der Waals surface area contributed by atoms with Crippen molar-refractivity contribution in [2.45, 2.75) is 13.1 Å². The fourth-order valence-corrected chi connectivity index (χ4v) is 2.31. The molecule has 3 rings (SSSR count). The Morgan fingerprint density at radius 2 is 1.72 bits per heavy atom. The number of amides is 1. The molecule has 0 atom stereocenters. The number of fused-ring (bicyclic) bond motifs is 2. The Bertz CT molecular complexity index is 580. The van der Waals surface area contributed by atoms with Gasteiger partial charge in [0.25, 0.3) is 0 Å². The van der Waals surface area contributed by atoms with Crippen molar-refractivity contribution >= 4 is 17.8 Å². The second kappa shape index (κ2) is 4.53. The third-order valence-electron chi connectivity index (χ3n) is 3.27. The SMILES string of the molecule is O=CN1Cc2ccccc2CNc2ccccc21. The van der Waals surface area contributed by atoms with E-state index >= 15 is 0 Å². The molecule has 2 aromatic carbocycles. The van der Waals surface area contributed by atoms with Crippen LogP contribution in [0.4, 0.5) is 11.4 Å². The topological polar surface area (TPSA) is 32.3 Å². The van der Waals surface area contributed by atoms with Crippen LogP contribution in [0.5, 0.6) is 0 Å². The summed E-state index contributed by atoms with van der Waals surface area (Å²) in [6.45, 7) is 1.41. The fraction of sp³-hybridized carbons (Fsp3) is 0.133. The molecule has 0 aliphatic carbocycles. The van der Waals surface area contributed by atoms with Crippen LogP contribution in [-0.4, -0.2) is 6.41 Å². The Morgan fingerprint density at radius 1 is 1.00 bits per heavy atom. The number of nitrogens with zero attached hydrogens (tertiary/aromatic N) is 1. The number of hydrogen-bond donors (Lipinski definition) is 1. The normalized spacial score (nSPS) is 13.7. The molecule has 0 saturated heterocycles. The molecule has 0 unspecified atom stereocenters. The Kier molecular flexibility index (Phi) is 2.73.